The van der Waals surface area contributed by atoms with E-state index in [1.165, 1.54) is 16.3 Å². The second-order valence-corrected chi connectivity index (χ2v) is 5.43. The van der Waals surface area contributed by atoms with Crippen LogP contribution in [0.15, 0.2) is 66.9 Å². The average Bonchev–Trinajstić information content (AvgIpc) is 2.55. The Morgan fingerprint density at radius 1 is 0.810 bits per heavy atom. The van der Waals surface area contributed by atoms with Crippen LogP contribution >= 0.6 is 0 Å². The Morgan fingerprint density at radius 2 is 1.57 bits per heavy atom. The van der Waals surface area contributed by atoms with Gasteiger partial charge in [0, 0.05) is 18.3 Å². The van der Waals surface area contributed by atoms with E-state index in [1.807, 2.05) is 18.3 Å². The lowest BCUT2D eigenvalue weighted by molar-refractivity contribution is 0.488. The number of nitrogens with one attached hydrogen (secondary N) is 1. The summed E-state index contributed by atoms with van der Waals surface area (Å²) in [6, 6.07) is 21.6. The molecule has 0 saturated heterocycles. The quantitative estimate of drug-likeness (QED) is 0.750. The summed E-state index contributed by atoms with van der Waals surface area (Å²) in [6.45, 7) is 4.37. The van der Waals surface area contributed by atoms with Gasteiger partial charge in [0.2, 0.25) is 0 Å². The Kier molecular flexibility index (Phi) is 3.98. The summed E-state index contributed by atoms with van der Waals surface area (Å²) in [4.78, 5) is 4.43. The monoisotopic (exact) mass is 276 g/mol. The zero-order valence-electron chi connectivity index (χ0n) is 12.5. The molecule has 2 nitrogen and oxygen atoms in total. The van der Waals surface area contributed by atoms with Crippen molar-refractivity contribution < 1.29 is 0 Å². The summed E-state index contributed by atoms with van der Waals surface area (Å²) in [5.41, 5.74) is 2.40. The van der Waals surface area contributed by atoms with Gasteiger partial charge in [0.05, 0.1) is 5.69 Å². The van der Waals surface area contributed by atoms with Crippen molar-refractivity contribution >= 4 is 10.8 Å². The van der Waals surface area contributed by atoms with Crippen molar-refractivity contribution in [1.82, 2.24) is 10.3 Å². The number of hydrogen-bond acceptors (Lipinski definition) is 2. The zero-order chi connectivity index (χ0) is 14.7. The number of rotatable bonds is 4. The van der Waals surface area contributed by atoms with Crippen LogP contribution < -0.4 is 5.32 Å². The summed E-state index contributed by atoms with van der Waals surface area (Å²) in [6.07, 6.45) is 1.84. The molecular formula is C19H20N2. The predicted octanol–water partition coefficient (Wildman–Crippen LogP) is 4.65. The standard InChI is InChI=1S/C19H20N2/c1-14(21-15(2)19-12-5-6-13-20-19)17-11-7-9-16-8-3-4-10-18(16)17/h3-15,21H,1-2H3/t14-,15-/m0/s1. The molecule has 106 valence electrons. The van der Waals surface area contributed by atoms with E-state index >= 15 is 0 Å². The van der Waals surface area contributed by atoms with Crippen molar-refractivity contribution in [3.8, 4) is 0 Å². The van der Waals surface area contributed by atoms with Gasteiger partial charge in [0.15, 0.2) is 0 Å². The van der Waals surface area contributed by atoms with Crippen LogP contribution in [0.4, 0.5) is 0 Å². The minimum Gasteiger partial charge on any atom is -0.302 e. The molecule has 21 heavy (non-hydrogen) atoms. The molecule has 0 amide bonds. The molecule has 0 bridgehead atoms. The largest absolute Gasteiger partial charge is 0.302 e. The van der Waals surface area contributed by atoms with Crippen molar-refractivity contribution in [2.45, 2.75) is 25.9 Å². The maximum Gasteiger partial charge on any atom is 0.0570 e. The second kappa shape index (κ2) is 6.06. The third-order valence-electron chi connectivity index (χ3n) is 3.92. The highest BCUT2D eigenvalue weighted by molar-refractivity contribution is 5.86. The molecule has 3 rings (SSSR count). The van der Waals surface area contributed by atoms with Crippen LogP contribution in [0.1, 0.15) is 37.2 Å². The maximum atomic E-state index is 4.43. The summed E-state index contributed by atoms with van der Waals surface area (Å²) >= 11 is 0. The van der Waals surface area contributed by atoms with Crippen LogP contribution in [-0.2, 0) is 0 Å². The third-order valence-corrected chi connectivity index (χ3v) is 3.92. The third kappa shape index (κ3) is 2.96. The van der Waals surface area contributed by atoms with Crippen LogP contribution in [0.2, 0.25) is 0 Å². The van der Waals surface area contributed by atoms with E-state index < -0.39 is 0 Å². The normalized spacial score (nSPS) is 14.0. The summed E-state index contributed by atoms with van der Waals surface area (Å²) in [7, 11) is 0. The summed E-state index contributed by atoms with van der Waals surface area (Å²) in [5.74, 6) is 0. The summed E-state index contributed by atoms with van der Waals surface area (Å²) in [5, 5.41) is 6.24. The average molecular weight is 276 g/mol. The summed E-state index contributed by atoms with van der Waals surface area (Å²) < 4.78 is 0. The van der Waals surface area contributed by atoms with Gasteiger partial charge >= 0.3 is 0 Å². The molecule has 0 fully saturated rings. The minimum atomic E-state index is 0.222. The van der Waals surface area contributed by atoms with E-state index in [-0.39, 0.29) is 12.1 Å². The molecule has 0 aliphatic carbocycles. The highest BCUT2D eigenvalue weighted by Crippen LogP contribution is 2.25. The molecule has 0 spiro atoms. The molecule has 0 unspecified atom stereocenters. The van der Waals surface area contributed by atoms with Gasteiger partial charge in [0.1, 0.15) is 0 Å². The first-order chi connectivity index (χ1) is 10.3. The van der Waals surface area contributed by atoms with E-state index in [4.69, 9.17) is 0 Å². The fourth-order valence-electron chi connectivity index (χ4n) is 2.81. The number of fused-ring (bicyclic) bond motifs is 1. The minimum absolute atomic E-state index is 0.222. The van der Waals surface area contributed by atoms with Gasteiger partial charge in [-0.15, -0.1) is 0 Å². The number of benzene rings is 2. The van der Waals surface area contributed by atoms with Crippen molar-refractivity contribution in [1.29, 1.82) is 0 Å². The molecule has 0 aliphatic rings. The van der Waals surface area contributed by atoms with Gasteiger partial charge in [0.25, 0.3) is 0 Å². The van der Waals surface area contributed by atoms with Crippen LogP contribution in [0, 0.1) is 0 Å². The van der Waals surface area contributed by atoms with Gasteiger partial charge in [-0.1, -0.05) is 48.5 Å². The highest BCUT2D eigenvalue weighted by atomic mass is 15.0. The Bertz CT molecular complexity index is 716. The fourth-order valence-corrected chi connectivity index (χ4v) is 2.81. The molecule has 0 aliphatic heterocycles. The Morgan fingerprint density at radius 3 is 2.38 bits per heavy atom. The van der Waals surface area contributed by atoms with Gasteiger partial charge in [-0.3, -0.25) is 4.98 Å². The Hall–Kier alpha value is -2.19. The van der Waals surface area contributed by atoms with Gasteiger partial charge in [-0.25, -0.2) is 0 Å². The topological polar surface area (TPSA) is 24.9 Å². The molecule has 2 aromatic carbocycles. The van der Waals surface area contributed by atoms with Crippen molar-refractivity contribution in [2.24, 2.45) is 0 Å². The van der Waals surface area contributed by atoms with Crippen LogP contribution in [0.3, 0.4) is 0 Å². The lowest BCUT2D eigenvalue weighted by atomic mass is 9.99. The van der Waals surface area contributed by atoms with E-state index in [1.54, 1.807) is 0 Å². The Balaban J connectivity index is 1.86. The number of pyridine rings is 1. The smallest absolute Gasteiger partial charge is 0.0570 e. The van der Waals surface area contributed by atoms with Crippen molar-refractivity contribution in [3.63, 3.8) is 0 Å². The molecule has 0 radical (unpaired) electrons. The number of hydrogen-bond donors (Lipinski definition) is 1. The molecule has 1 aromatic heterocycles. The first-order valence-corrected chi connectivity index (χ1v) is 7.40. The van der Waals surface area contributed by atoms with Crippen molar-refractivity contribution in [3.05, 3.63) is 78.1 Å². The molecule has 1 N–H and O–H groups in total. The highest BCUT2D eigenvalue weighted by Gasteiger charge is 2.13. The maximum absolute atomic E-state index is 4.43. The van der Waals surface area contributed by atoms with Gasteiger partial charge in [-0.2, -0.15) is 0 Å². The molecule has 1 heterocycles. The molecule has 3 aromatic rings. The van der Waals surface area contributed by atoms with Crippen LogP contribution in [0.25, 0.3) is 10.8 Å². The lowest BCUT2D eigenvalue weighted by Gasteiger charge is -2.21. The van der Waals surface area contributed by atoms with Crippen molar-refractivity contribution in [2.75, 3.05) is 0 Å². The van der Waals surface area contributed by atoms with E-state index in [2.05, 4.69) is 72.7 Å². The van der Waals surface area contributed by atoms with Crippen LogP contribution in [-0.4, -0.2) is 4.98 Å². The number of nitrogens with zero attached hydrogens (tertiary/aromatic N) is 1. The van der Waals surface area contributed by atoms with Gasteiger partial charge in [-0.05, 0) is 42.3 Å². The second-order valence-electron chi connectivity index (χ2n) is 5.43. The fraction of sp³-hybridized carbons (Fsp3) is 0.211. The number of aromatic nitrogens is 1. The van der Waals surface area contributed by atoms with Crippen LogP contribution in [0.5, 0.6) is 0 Å². The Labute approximate surface area is 125 Å². The zero-order valence-corrected chi connectivity index (χ0v) is 12.5. The predicted molar refractivity (Wildman–Crippen MR) is 88.2 cm³/mol. The SMILES string of the molecule is C[C@H](N[C@@H](C)c1cccc2ccccc12)c1ccccn1. The molecule has 2 atom stereocenters. The molecule has 0 saturated carbocycles. The first-order valence-electron chi connectivity index (χ1n) is 7.40. The molecule has 2 heteroatoms. The van der Waals surface area contributed by atoms with E-state index in [9.17, 15) is 0 Å². The van der Waals surface area contributed by atoms with E-state index in [0.29, 0.717) is 0 Å². The lowest BCUT2D eigenvalue weighted by Crippen LogP contribution is -2.23. The van der Waals surface area contributed by atoms with Gasteiger partial charge < -0.3 is 5.32 Å². The molecular weight excluding hydrogens is 256 g/mol. The van der Waals surface area contributed by atoms with E-state index in [0.717, 1.165) is 5.69 Å². The first kappa shape index (κ1) is 13.8.